The molecule has 0 aromatic heterocycles. The predicted molar refractivity (Wildman–Crippen MR) is 108 cm³/mol. The van der Waals surface area contributed by atoms with Gasteiger partial charge in [0.2, 0.25) is 5.91 Å². The maximum atomic E-state index is 14.3. The molecular weight excluding hydrogens is 438 g/mol. The Morgan fingerprint density at radius 3 is 2.52 bits per heavy atom. The van der Waals surface area contributed by atoms with Gasteiger partial charge in [-0.15, -0.1) is 11.6 Å². The molecule has 1 fully saturated rings. The first-order valence-corrected chi connectivity index (χ1v) is 10.3. The van der Waals surface area contributed by atoms with E-state index in [-0.39, 0.29) is 29.5 Å². The fraction of sp³-hybridized carbons (Fsp3) is 0.455. The fourth-order valence-corrected chi connectivity index (χ4v) is 3.86. The minimum absolute atomic E-state index is 0.152. The van der Waals surface area contributed by atoms with Gasteiger partial charge in [-0.25, -0.2) is 4.39 Å². The molecule has 3 rings (SSSR count). The minimum Gasteiger partial charge on any atom is -0.481 e. The summed E-state index contributed by atoms with van der Waals surface area (Å²) < 4.78 is 54.7. The third-order valence-electron chi connectivity index (χ3n) is 5.87. The number of anilines is 1. The van der Waals surface area contributed by atoms with Crippen LogP contribution in [0.3, 0.4) is 0 Å². The van der Waals surface area contributed by atoms with Crippen LogP contribution in [0.4, 0.5) is 23.2 Å². The van der Waals surface area contributed by atoms with E-state index < -0.39 is 41.1 Å². The van der Waals surface area contributed by atoms with Crippen molar-refractivity contribution >= 4 is 29.2 Å². The van der Waals surface area contributed by atoms with Crippen molar-refractivity contribution in [2.45, 2.75) is 44.2 Å². The van der Waals surface area contributed by atoms with Crippen molar-refractivity contribution in [3.63, 3.8) is 0 Å². The number of benzene rings is 1. The van der Waals surface area contributed by atoms with Gasteiger partial charge in [-0.05, 0) is 49.0 Å². The first-order valence-electron chi connectivity index (χ1n) is 9.85. The summed E-state index contributed by atoms with van der Waals surface area (Å²) in [5.74, 6) is -6.36. The topological polar surface area (TPSA) is 66.4 Å². The molecule has 0 radical (unpaired) electrons. The number of alkyl halides is 4. The maximum absolute atomic E-state index is 14.3. The van der Waals surface area contributed by atoms with Crippen LogP contribution in [0.1, 0.15) is 31.7 Å². The third kappa shape index (κ3) is 5.29. The van der Waals surface area contributed by atoms with Crippen LogP contribution in [0.5, 0.6) is 0 Å². The van der Waals surface area contributed by atoms with E-state index in [1.54, 1.807) is 0 Å². The molecule has 1 aromatic carbocycles. The number of halogens is 5. The molecule has 0 bridgehead atoms. The van der Waals surface area contributed by atoms with Crippen molar-refractivity contribution in [3.8, 4) is 0 Å². The third-order valence-corrected chi connectivity index (χ3v) is 6.20. The number of hydrogen-bond donors (Lipinski definition) is 2. The van der Waals surface area contributed by atoms with Crippen molar-refractivity contribution in [2.75, 3.05) is 5.32 Å². The van der Waals surface area contributed by atoms with Gasteiger partial charge in [0.05, 0.1) is 28.3 Å². The number of nitrogens with one attached hydrogen (secondary N) is 1. The molecule has 3 atom stereocenters. The van der Waals surface area contributed by atoms with Gasteiger partial charge in [0, 0.05) is 0 Å². The molecule has 2 aliphatic rings. The van der Waals surface area contributed by atoms with Gasteiger partial charge in [-0.1, -0.05) is 31.2 Å². The number of hydrogen-bond acceptors (Lipinski definition) is 2. The van der Waals surface area contributed by atoms with Crippen molar-refractivity contribution in [2.24, 2.45) is 17.3 Å². The van der Waals surface area contributed by atoms with Crippen molar-refractivity contribution in [1.29, 1.82) is 0 Å². The quantitative estimate of drug-likeness (QED) is 0.419. The molecule has 0 heterocycles. The van der Waals surface area contributed by atoms with Crippen LogP contribution in [0.2, 0.25) is 0 Å². The lowest BCUT2D eigenvalue weighted by atomic mass is 9.83. The van der Waals surface area contributed by atoms with Crippen LogP contribution in [-0.2, 0) is 16.0 Å². The van der Waals surface area contributed by atoms with E-state index in [1.807, 2.05) is 0 Å². The second-order valence-electron chi connectivity index (χ2n) is 8.19. The van der Waals surface area contributed by atoms with E-state index in [4.69, 9.17) is 11.6 Å². The van der Waals surface area contributed by atoms with Crippen LogP contribution in [0.15, 0.2) is 42.0 Å². The first kappa shape index (κ1) is 23.3. The highest BCUT2D eigenvalue weighted by Gasteiger charge is 2.50. The molecule has 0 saturated heterocycles. The number of carboxylic acid groups (broad SMARTS) is 1. The molecule has 2 aliphatic carbocycles. The van der Waals surface area contributed by atoms with E-state index >= 15 is 0 Å². The van der Waals surface area contributed by atoms with Crippen LogP contribution in [-0.4, -0.2) is 28.5 Å². The second-order valence-corrected chi connectivity index (χ2v) is 8.75. The van der Waals surface area contributed by atoms with Gasteiger partial charge in [-0.3, -0.25) is 9.59 Å². The molecule has 2 N–H and O–H groups in total. The van der Waals surface area contributed by atoms with Gasteiger partial charge >= 0.3 is 12.1 Å². The summed E-state index contributed by atoms with van der Waals surface area (Å²) in [5, 5.41) is 11.2. The largest absolute Gasteiger partial charge is 0.481 e. The van der Waals surface area contributed by atoms with E-state index in [1.165, 1.54) is 30.4 Å². The van der Waals surface area contributed by atoms with E-state index in [0.717, 1.165) is 13.0 Å². The van der Waals surface area contributed by atoms with Gasteiger partial charge in [-0.2, -0.15) is 13.2 Å². The van der Waals surface area contributed by atoms with Crippen molar-refractivity contribution < 1.29 is 32.3 Å². The molecule has 1 unspecified atom stereocenters. The number of allylic oxidation sites excluding steroid dienone is 3. The van der Waals surface area contributed by atoms with Crippen molar-refractivity contribution in [1.82, 2.24) is 0 Å². The molecule has 9 heteroatoms. The van der Waals surface area contributed by atoms with Crippen LogP contribution in [0.25, 0.3) is 0 Å². The maximum Gasteiger partial charge on any atom is 0.392 e. The lowest BCUT2D eigenvalue weighted by Gasteiger charge is -2.28. The summed E-state index contributed by atoms with van der Waals surface area (Å²) in [6, 6.07) is 3.77. The van der Waals surface area contributed by atoms with Gasteiger partial charge < -0.3 is 10.4 Å². The smallest absolute Gasteiger partial charge is 0.392 e. The second kappa shape index (κ2) is 8.65. The Morgan fingerprint density at radius 1 is 1.32 bits per heavy atom. The SMILES string of the molecule is C[C@H]([C@H](C(=O)Nc1cc(CC2(C(=O)O)CC2)ccc1F)C1=CCC(Cl)C=C1)C(F)(F)F. The zero-order valence-electron chi connectivity index (χ0n) is 16.7. The predicted octanol–water partition coefficient (Wildman–Crippen LogP) is 5.48. The number of aliphatic carboxylic acids is 1. The molecular formula is C22H22ClF4NO3. The van der Waals surface area contributed by atoms with Gasteiger partial charge in [0.25, 0.3) is 0 Å². The number of carbonyl (C=O) groups is 2. The fourth-order valence-electron chi connectivity index (χ4n) is 3.69. The summed E-state index contributed by atoms with van der Waals surface area (Å²) >= 11 is 5.94. The molecule has 0 spiro atoms. The molecule has 31 heavy (non-hydrogen) atoms. The number of carboxylic acids is 1. The zero-order chi connectivity index (χ0) is 23.0. The Hall–Kier alpha value is -2.35. The lowest BCUT2D eigenvalue weighted by molar-refractivity contribution is -0.181. The highest BCUT2D eigenvalue weighted by atomic mass is 35.5. The minimum atomic E-state index is -4.64. The first-order chi connectivity index (χ1) is 14.4. The Labute approximate surface area is 182 Å². The summed E-state index contributed by atoms with van der Waals surface area (Å²) in [4.78, 5) is 24.3. The van der Waals surface area contributed by atoms with Gasteiger partial charge in [0.15, 0.2) is 0 Å². The molecule has 0 aliphatic heterocycles. The Morgan fingerprint density at radius 2 is 2.00 bits per heavy atom. The standard InChI is InChI=1S/C22H22ClF4NO3/c1-12(22(25,26)27)18(14-3-5-15(23)6-4-14)19(29)28-17-10-13(2-7-16(17)24)11-21(8-9-21)20(30)31/h2-5,7,10,12,15,18H,6,8-9,11H2,1H3,(H,28,29)(H,30,31)/t12-,15?,18+/m1/s1. The highest BCUT2D eigenvalue weighted by Crippen LogP contribution is 2.49. The summed E-state index contributed by atoms with van der Waals surface area (Å²) in [6.07, 6.45) is 1.17. The average molecular weight is 460 g/mol. The Bertz CT molecular complexity index is 937. The highest BCUT2D eigenvalue weighted by molar-refractivity contribution is 6.22. The molecule has 1 saturated carbocycles. The molecule has 1 aromatic rings. The monoisotopic (exact) mass is 459 g/mol. The molecule has 4 nitrogen and oxygen atoms in total. The van der Waals surface area contributed by atoms with Crippen molar-refractivity contribution in [3.05, 3.63) is 53.4 Å². The molecule has 1 amide bonds. The van der Waals surface area contributed by atoms with Crippen LogP contribution in [0, 0.1) is 23.1 Å². The van der Waals surface area contributed by atoms with E-state index in [0.29, 0.717) is 18.4 Å². The summed E-state index contributed by atoms with van der Waals surface area (Å²) in [7, 11) is 0. The molecule has 168 valence electrons. The average Bonchev–Trinajstić information content (AvgIpc) is 3.46. The number of amides is 1. The van der Waals surface area contributed by atoms with E-state index in [9.17, 15) is 32.3 Å². The van der Waals surface area contributed by atoms with Gasteiger partial charge in [0.1, 0.15) is 5.82 Å². The van der Waals surface area contributed by atoms with E-state index in [2.05, 4.69) is 5.32 Å². The Kier molecular flexibility index (Phi) is 6.51. The van der Waals surface area contributed by atoms with Crippen LogP contribution >= 0.6 is 11.6 Å². The van der Waals surface area contributed by atoms with Crippen LogP contribution < -0.4 is 5.32 Å². The number of rotatable bonds is 7. The Balaban J connectivity index is 1.85. The normalized spacial score (nSPS) is 21.7. The summed E-state index contributed by atoms with van der Waals surface area (Å²) in [6.45, 7) is 0.905. The number of carbonyl (C=O) groups excluding carboxylic acids is 1. The summed E-state index contributed by atoms with van der Waals surface area (Å²) in [5.41, 5.74) is -0.529. The zero-order valence-corrected chi connectivity index (χ0v) is 17.4. The lowest BCUT2D eigenvalue weighted by Crippen LogP contribution is -2.37.